The van der Waals surface area contributed by atoms with E-state index in [0.717, 1.165) is 44.1 Å². The Hall–Kier alpha value is -3.66. The zero-order valence-corrected chi connectivity index (χ0v) is 24.8. The van der Waals surface area contributed by atoms with Gasteiger partial charge in [-0.15, -0.1) is 10.2 Å². The van der Waals surface area contributed by atoms with E-state index < -0.39 is 11.5 Å². The second kappa shape index (κ2) is 10.9. The molecule has 2 aliphatic carbocycles. The molecule has 0 bridgehead atoms. The lowest BCUT2D eigenvalue weighted by Crippen LogP contribution is -2.52. The summed E-state index contributed by atoms with van der Waals surface area (Å²) in [6.07, 6.45) is 5.48. The average molecular weight is 592 g/mol. The highest BCUT2D eigenvalue weighted by Crippen LogP contribution is 2.54. The molecule has 220 valence electrons. The van der Waals surface area contributed by atoms with Gasteiger partial charge in [0, 0.05) is 11.1 Å². The van der Waals surface area contributed by atoms with E-state index in [1.54, 1.807) is 18.2 Å². The highest BCUT2D eigenvalue weighted by Gasteiger charge is 2.55. The van der Waals surface area contributed by atoms with Gasteiger partial charge in [0.25, 0.3) is 11.8 Å². The summed E-state index contributed by atoms with van der Waals surface area (Å²) in [6, 6.07) is 11.7. The number of aliphatic imine (C=N–C) groups is 1. The fourth-order valence-corrected chi connectivity index (χ4v) is 6.70. The van der Waals surface area contributed by atoms with E-state index in [-0.39, 0.29) is 34.8 Å². The van der Waals surface area contributed by atoms with Crippen LogP contribution in [0.1, 0.15) is 92.6 Å². The largest absolute Gasteiger partial charge is 0.345 e. The molecular weight excluding hydrogens is 557 g/mol. The van der Waals surface area contributed by atoms with E-state index in [9.17, 15) is 14.0 Å². The van der Waals surface area contributed by atoms with Crippen LogP contribution in [0.3, 0.4) is 0 Å². The quantitative estimate of drug-likeness (QED) is 0.369. The molecule has 2 fully saturated rings. The summed E-state index contributed by atoms with van der Waals surface area (Å²) in [5.41, 5.74) is 1.85. The fraction of sp³-hybridized carbons (Fsp3) is 0.484. The third-order valence-corrected chi connectivity index (χ3v) is 9.34. The first-order valence-corrected chi connectivity index (χ1v) is 14.9. The molecule has 0 unspecified atom stereocenters. The molecule has 2 saturated carbocycles. The van der Waals surface area contributed by atoms with E-state index in [1.807, 2.05) is 17.0 Å². The minimum Gasteiger partial charge on any atom is -0.345 e. The van der Waals surface area contributed by atoms with Gasteiger partial charge in [0.05, 0.1) is 17.6 Å². The number of hydrogen-bond donors (Lipinski definition) is 2. The van der Waals surface area contributed by atoms with Crippen molar-refractivity contribution >= 4 is 29.1 Å². The molecule has 0 saturated heterocycles. The fourth-order valence-electron chi connectivity index (χ4n) is 6.52. The van der Waals surface area contributed by atoms with E-state index >= 15 is 0 Å². The number of hydrogen-bond acceptors (Lipinski definition) is 6. The van der Waals surface area contributed by atoms with Crippen molar-refractivity contribution in [2.45, 2.75) is 77.5 Å². The van der Waals surface area contributed by atoms with Crippen LogP contribution >= 0.6 is 11.6 Å². The Kier molecular flexibility index (Phi) is 7.37. The molecule has 3 aliphatic rings. The Labute approximate surface area is 249 Å². The molecule has 9 nitrogen and oxygen atoms in total. The Bertz CT molecular complexity index is 1500. The second-order valence-corrected chi connectivity index (χ2v) is 13.2. The van der Waals surface area contributed by atoms with Crippen molar-refractivity contribution < 1.29 is 14.0 Å². The summed E-state index contributed by atoms with van der Waals surface area (Å²) in [7, 11) is 0. The maximum Gasteiger partial charge on any atom is 0.275 e. The zero-order valence-electron chi connectivity index (χ0n) is 24.0. The van der Waals surface area contributed by atoms with Crippen LogP contribution in [-0.4, -0.2) is 48.7 Å². The smallest absolute Gasteiger partial charge is 0.275 e. The van der Waals surface area contributed by atoms with Gasteiger partial charge in [0.1, 0.15) is 17.2 Å². The Morgan fingerprint density at radius 2 is 1.86 bits per heavy atom. The Balaban J connectivity index is 1.32. The Morgan fingerprint density at radius 3 is 2.45 bits per heavy atom. The van der Waals surface area contributed by atoms with Gasteiger partial charge in [-0.05, 0) is 91.7 Å². The molecule has 11 heteroatoms. The summed E-state index contributed by atoms with van der Waals surface area (Å²) in [5.74, 6) is 0.305. The minimum atomic E-state index is -0.678. The standard InChI is InChI=1S/C31H35ClFN7O2/c1-30(2,3)22-12-14-31(15-13-22)35-26(21-10-11-24(33)23(32)16-21)29(42)40(31)27(18-4-5-18)19-6-8-20(9-7-19)28(41)34-17-25-36-38-39-37-25/h6-11,16,18,22,27H,4-5,12-15,17H2,1-3H3,(H,34,41)(H,36,37,38,39)/t22?,27-,31?/m1/s1. The lowest BCUT2D eigenvalue weighted by Gasteiger charge is -2.47. The Morgan fingerprint density at radius 1 is 1.14 bits per heavy atom. The first-order chi connectivity index (χ1) is 20.1. The number of tetrazole rings is 1. The molecule has 1 spiro atoms. The number of nitrogens with zero attached hydrogens (tertiary/aromatic N) is 5. The molecule has 6 rings (SSSR count). The lowest BCUT2D eigenvalue weighted by molar-refractivity contribution is -0.134. The molecule has 2 amide bonds. The molecule has 42 heavy (non-hydrogen) atoms. The number of amides is 2. The summed E-state index contributed by atoms with van der Waals surface area (Å²) in [6.45, 7) is 6.98. The van der Waals surface area contributed by atoms with E-state index in [0.29, 0.717) is 34.5 Å². The highest BCUT2D eigenvalue weighted by molar-refractivity contribution is 6.47. The normalized spacial score (nSPS) is 23.3. The van der Waals surface area contributed by atoms with Gasteiger partial charge in [-0.3, -0.25) is 14.6 Å². The highest BCUT2D eigenvalue weighted by atomic mass is 35.5. The van der Waals surface area contributed by atoms with Gasteiger partial charge < -0.3 is 10.2 Å². The number of aromatic amines is 1. The number of halogens is 2. The van der Waals surface area contributed by atoms with Crippen molar-refractivity contribution in [3.8, 4) is 0 Å². The maximum absolute atomic E-state index is 14.3. The predicted octanol–water partition coefficient (Wildman–Crippen LogP) is 5.64. The van der Waals surface area contributed by atoms with Crippen molar-refractivity contribution in [1.82, 2.24) is 30.8 Å². The molecule has 2 aromatic carbocycles. The van der Waals surface area contributed by atoms with Crippen molar-refractivity contribution in [1.29, 1.82) is 0 Å². The third-order valence-electron chi connectivity index (χ3n) is 9.05. The number of benzene rings is 2. The molecule has 2 N–H and O–H groups in total. The summed E-state index contributed by atoms with van der Waals surface area (Å²) >= 11 is 6.13. The number of rotatable bonds is 7. The first kappa shape index (κ1) is 28.5. The van der Waals surface area contributed by atoms with E-state index in [1.165, 1.54) is 12.1 Å². The molecule has 1 aromatic heterocycles. The van der Waals surface area contributed by atoms with Crippen LogP contribution in [-0.2, 0) is 11.3 Å². The van der Waals surface area contributed by atoms with Crippen molar-refractivity contribution in [2.24, 2.45) is 22.2 Å². The van der Waals surface area contributed by atoms with Gasteiger partial charge in [-0.2, -0.15) is 5.21 Å². The van der Waals surface area contributed by atoms with Crippen molar-refractivity contribution in [3.63, 3.8) is 0 Å². The van der Waals surface area contributed by atoms with E-state index in [4.69, 9.17) is 16.6 Å². The van der Waals surface area contributed by atoms with Crippen molar-refractivity contribution in [3.05, 3.63) is 75.8 Å². The van der Waals surface area contributed by atoms with Crippen LogP contribution in [0, 0.1) is 23.1 Å². The molecular formula is C31H35ClFN7O2. The molecule has 1 aliphatic heterocycles. The first-order valence-electron chi connectivity index (χ1n) is 14.6. The SMILES string of the molecule is CC(C)(C)C1CCC2(CC1)N=C(c1ccc(F)c(Cl)c1)C(=O)N2[C@@H](c1ccc(C(=O)NCc2nn[nH]n2)cc1)C1CC1. The van der Waals surface area contributed by atoms with Crippen LogP contribution in [0.25, 0.3) is 0 Å². The topological polar surface area (TPSA) is 116 Å². The molecule has 2 heterocycles. The lowest BCUT2D eigenvalue weighted by atomic mass is 9.69. The van der Waals surface area contributed by atoms with Crippen LogP contribution < -0.4 is 5.32 Å². The monoisotopic (exact) mass is 591 g/mol. The van der Waals surface area contributed by atoms with Crippen LogP contribution in [0.5, 0.6) is 0 Å². The van der Waals surface area contributed by atoms with Crippen LogP contribution in [0.4, 0.5) is 4.39 Å². The van der Waals surface area contributed by atoms with Gasteiger partial charge in [0.2, 0.25) is 0 Å². The second-order valence-electron chi connectivity index (χ2n) is 12.8. The average Bonchev–Trinajstić information content (AvgIpc) is 3.60. The number of carbonyl (C=O) groups is 2. The van der Waals surface area contributed by atoms with Crippen LogP contribution in [0.15, 0.2) is 47.5 Å². The zero-order chi connectivity index (χ0) is 29.6. The van der Waals surface area contributed by atoms with E-state index in [2.05, 4.69) is 46.7 Å². The number of H-pyrrole nitrogens is 1. The molecule has 1 atom stereocenters. The molecule has 3 aromatic rings. The van der Waals surface area contributed by atoms with Crippen molar-refractivity contribution in [2.75, 3.05) is 0 Å². The summed E-state index contributed by atoms with van der Waals surface area (Å²) < 4.78 is 14.0. The minimum absolute atomic E-state index is 0.0288. The number of carbonyl (C=O) groups excluding carboxylic acids is 2. The van der Waals surface area contributed by atoms with Gasteiger partial charge >= 0.3 is 0 Å². The number of aromatic nitrogens is 4. The maximum atomic E-state index is 14.3. The molecule has 0 radical (unpaired) electrons. The number of nitrogens with one attached hydrogen (secondary N) is 2. The third kappa shape index (κ3) is 5.44. The summed E-state index contributed by atoms with van der Waals surface area (Å²) in [4.78, 5) is 34.3. The predicted molar refractivity (Wildman–Crippen MR) is 156 cm³/mol. The van der Waals surface area contributed by atoms with Crippen LogP contribution in [0.2, 0.25) is 5.02 Å². The van der Waals surface area contributed by atoms with Gasteiger partial charge in [-0.1, -0.05) is 49.7 Å². The van der Waals surface area contributed by atoms with Gasteiger partial charge in [0.15, 0.2) is 5.82 Å². The summed E-state index contributed by atoms with van der Waals surface area (Å²) in [5, 5.41) is 16.4. The van der Waals surface area contributed by atoms with Gasteiger partial charge in [-0.25, -0.2) is 4.39 Å².